The molecule has 0 radical (unpaired) electrons. The third-order valence-corrected chi connectivity index (χ3v) is 5.04. The molecule has 6 nitrogen and oxygen atoms in total. The van der Waals surface area contributed by atoms with Gasteiger partial charge in [-0.2, -0.15) is 5.10 Å². The number of fused-ring (bicyclic) bond motifs is 1. The fourth-order valence-electron chi connectivity index (χ4n) is 3.76. The van der Waals surface area contributed by atoms with Gasteiger partial charge >= 0.3 is 0 Å². The summed E-state index contributed by atoms with van der Waals surface area (Å²) in [4.78, 5) is 19.7. The van der Waals surface area contributed by atoms with Crippen LogP contribution in [0.5, 0.6) is 0 Å². The van der Waals surface area contributed by atoms with Gasteiger partial charge in [0.15, 0.2) is 0 Å². The number of aryl methyl sites for hydroxylation is 1. The van der Waals surface area contributed by atoms with Crippen LogP contribution in [0.3, 0.4) is 0 Å². The van der Waals surface area contributed by atoms with Crippen molar-refractivity contribution in [3.05, 3.63) is 48.5 Å². The number of hydrogen-bond acceptors (Lipinski definition) is 3. The van der Waals surface area contributed by atoms with Crippen LogP contribution in [0.15, 0.2) is 42.7 Å². The number of benzene rings is 1. The highest BCUT2D eigenvalue weighted by atomic mass is 16.2. The topological polar surface area (TPSA) is 56.0 Å². The molecule has 3 heterocycles. The number of rotatable bonds is 4. The van der Waals surface area contributed by atoms with Crippen molar-refractivity contribution in [2.24, 2.45) is 0 Å². The minimum absolute atomic E-state index is 0.170. The molecule has 1 saturated heterocycles. The summed E-state index contributed by atoms with van der Waals surface area (Å²) in [7, 11) is 0. The average molecular weight is 337 g/mol. The van der Waals surface area contributed by atoms with Crippen LogP contribution >= 0.6 is 0 Å². The molecular formula is C19H23N5O. The van der Waals surface area contributed by atoms with Crippen molar-refractivity contribution in [3.8, 4) is 0 Å². The molecule has 2 aromatic heterocycles. The Kier molecular flexibility index (Phi) is 4.26. The van der Waals surface area contributed by atoms with E-state index in [9.17, 15) is 4.79 Å². The van der Waals surface area contributed by atoms with E-state index in [1.807, 2.05) is 57.6 Å². The normalized spacial score (nSPS) is 18.0. The molecule has 1 fully saturated rings. The van der Waals surface area contributed by atoms with Gasteiger partial charge < -0.3 is 9.47 Å². The zero-order valence-corrected chi connectivity index (χ0v) is 14.5. The number of hydrogen-bond donors (Lipinski definition) is 0. The number of carbonyl (C=O) groups is 1. The Balaban J connectivity index is 1.55. The lowest BCUT2D eigenvalue weighted by molar-refractivity contribution is -0.135. The second-order valence-corrected chi connectivity index (χ2v) is 6.70. The van der Waals surface area contributed by atoms with Crippen LogP contribution in [-0.2, 0) is 17.9 Å². The van der Waals surface area contributed by atoms with Crippen molar-refractivity contribution in [2.45, 2.75) is 45.3 Å². The van der Waals surface area contributed by atoms with E-state index >= 15 is 0 Å². The lowest BCUT2D eigenvalue weighted by Gasteiger charge is -2.36. The monoisotopic (exact) mass is 337 g/mol. The molecule has 1 aromatic carbocycles. The molecule has 130 valence electrons. The molecule has 4 rings (SSSR count). The van der Waals surface area contributed by atoms with Gasteiger partial charge in [0.2, 0.25) is 5.91 Å². The van der Waals surface area contributed by atoms with E-state index in [4.69, 9.17) is 0 Å². The maximum absolute atomic E-state index is 13.0. The first kappa shape index (κ1) is 15.9. The lowest BCUT2D eigenvalue weighted by Crippen LogP contribution is -2.47. The van der Waals surface area contributed by atoms with Gasteiger partial charge in [-0.05, 0) is 44.4 Å². The van der Waals surface area contributed by atoms with E-state index in [-0.39, 0.29) is 11.9 Å². The maximum Gasteiger partial charge on any atom is 0.242 e. The molecule has 0 saturated carbocycles. The zero-order valence-electron chi connectivity index (χ0n) is 14.5. The summed E-state index contributed by atoms with van der Waals surface area (Å²) in [5.41, 5.74) is 1.97. The number of para-hydroxylation sites is 2. The van der Waals surface area contributed by atoms with E-state index in [1.165, 1.54) is 6.42 Å². The highest BCUT2D eigenvalue weighted by Gasteiger charge is 2.27. The van der Waals surface area contributed by atoms with Crippen LogP contribution in [0.25, 0.3) is 11.0 Å². The third-order valence-electron chi connectivity index (χ3n) is 5.04. The zero-order chi connectivity index (χ0) is 17.2. The highest BCUT2D eigenvalue weighted by molar-refractivity contribution is 5.81. The molecule has 1 atom stereocenters. The van der Waals surface area contributed by atoms with Gasteiger partial charge in [-0.15, -0.1) is 0 Å². The predicted octanol–water partition coefficient (Wildman–Crippen LogP) is 2.62. The van der Waals surface area contributed by atoms with E-state index in [0.717, 1.165) is 42.8 Å². The van der Waals surface area contributed by atoms with Gasteiger partial charge in [0.25, 0.3) is 0 Å². The molecule has 6 heteroatoms. The number of aromatic nitrogens is 4. The highest BCUT2D eigenvalue weighted by Crippen LogP contribution is 2.21. The summed E-state index contributed by atoms with van der Waals surface area (Å²) in [6.45, 7) is 3.91. The second kappa shape index (κ2) is 6.70. The first-order valence-corrected chi connectivity index (χ1v) is 8.91. The van der Waals surface area contributed by atoms with Crippen molar-refractivity contribution < 1.29 is 4.79 Å². The Morgan fingerprint density at radius 3 is 2.96 bits per heavy atom. The van der Waals surface area contributed by atoms with Crippen LogP contribution in [0.1, 0.15) is 25.1 Å². The third kappa shape index (κ3) is 3.16. The van der Waals surface area contributed by atoms with Gasteiger partial charge in [-0.3, -0.25) is 9.48 Å². The Labute approximate surface area is 147 Å². The van der Waals surface area contributed by atoms with Gasteiger partial charge in [0.1, 0.15) is 12.4 Å². The van der Waals surface area contributed by atoms with Crippen LogP contribution in [0, 0.1) is 6.92 Å². The van der Waals surface area contributed by atoms with Crippen molar-refractivity contribution in [1.29, 1.82) is 0 Å². The summed E-state index contributed by atoms with van der Waals surface area (Å²) in [6, 6.07) is 10.1. The van der Waals surface area contributed by atoms with E-state index in [2.05, 4.69) is 10.1 Å². The van der Waals surface area contributed by atoms with Crippen molar-refractivity contribution in [1.82, 2.24) is 24.2 Å². The summed E-state index contributed by atoms with van der Waals surface area (Å²) < 4.78 is 3.95. The van der Waals surface area contributed by atoms with Gasteiger partial charge in [0, 0.05) is 18.9 Å². The fraction of sp³-hybridized carbons (Fsp3) is 0.421. The van der Waals surface area contributed by atoms with Gasteiger partial charge in [-0.25, -0.2) is 4.98 Å². The van der Waals surface area contributed by atoms with Crippen molar-refractivity contribution >= 4 is 16.9 Å². The number of likely N-dealkylation sites (tertiary alicyclic amines) is 1. The number of piperidine rings is 1. The summed E-state index contributed by atoms with van der Waals surface area (Å²) in [6.07, 6.45) is 7.03. The fourth-order valence-corrected chi connectivity index (χ4v) is 3.76. The molecule has 25 heavy (non-hydrogen) atoms. The smallest absolute Gasteiger partial charge is 0.242 e. The predicted molar refractivity (Wildman–Crippen MR) is 96.0 cm³/mol. The summed E-state index contributed by atoms with van der Waals surface area (Å²) in [5, 5.41) is 4.30. The van der Waals surface area contributed by atoms with Crippen LogP contribution in [-0.4, -0.2) is 42.7 Å². The van der Waals surface area contributed by atoms with Crippen LogP contribution in [0.4, 0.5) is 0 Å². The summed E-state index contributed by atoms with van der Waals surface area (Å²) in [5.74, 6) is 1.05. The number of nitrogens with zero attached hydrogens (tertiary/aromatic N) is 5. The largest absolute Gasteiger partial charge is 0.336 e. The van der Waals surface area contributed by atoms with E-state index in [0.29, 0.717) is 6.54 Å². The van der Waals surface area contributed by atoms with E-state index in [1.54, 1.807) is 6.20 Å². The molecule has 1 unspecified atom stereocenters. The lowest BCUT2D eigenvalue weighted by atomic mass is 10.0. The Morgan fingerprint density at radius 1 is 1.24 bits per heavy atom. The van der Waals surface area contributed by atoms with Crippen LogP contribution < -0.4 is 0 Å². The molecule has 3 aromatic rings. The Morgan fingerprint density at radius 2 is 2.12 bits per heavy atom. The Bertz CT molecular complexity index is 867. The number of carbonyl (C=O) groups excluding carboxylic acids is 1. The minimum Gasteiger partial charge on any atom is -0.336 e. The van der Waals surface area contributed by atoms with Crippen molar-refractivity contribution in [2.75, 3.05) is 6.54 Å². The molecule has 1 aliphatic rings. The molecule has 1 amide bonds. The standard InChI is InChI=1S/C19H23N5O/c1-15-21-17-8-2-3-9-18(17)24(15)14-19(25)23-12-5-4-7-16(23)13-22-11-6-10-20-22/h2-3,6,8-11,16H,4-5,7,12-14H2,1H3. The van der Waals surface area contributed by atoms with Gasteiger partial charge in [0.05, 0.1) is 23.6 Å². The minimum atomic E-state index is 0.170. The average Bonchev–Trinajstić information content (AvgIpc) is 3.24. The number of imidazole rings is 1. The molecule has 0 spiro atoms. The first-order chi connectivity index (χ1) is 12.2. The van der Waals surface area contributed by atoms with Crippen LogP contribution in [0.2, 0.25) is 0 Å². The Hall–Kier alpha value is -2.63. The summed E-state index contributed by atoms with van der Waals surface area (Å²) >= 11 is 0. The van der Waals surface area contributed by atoms with Crippen molar-refractivity contribution in [3.63, 3.8) is 0 Å². The molecular weight excluding hydrogens is 314 g/mol. The molecule has 0 aliphatic carbocycles. The SMILES string of the molecule is Cc1nc2ccccc2n1CC(=O)N1CCCCC1Cn1cccn1. The maximum atomic E-state index is 13.0. The van der Waals surface area contributed by atoms with Gasteiger partial charge in [-0.1, -0.05) is 12.1 Å². The molecule has 1 aliphatic heterocycles. The molecule has 0 bridgehead atoms. The first-order valence-electron chi connectivity index (χ1n) is 8.91. The van der Waals surface area contributed by atoms with E-state index < -0.39 is 0 Å². The number of amides is 1. The molecule has 0 N–H and O–H groups in total. The quantitative estimate of drug-likeness (QED) is 0.735. The second-order valence-electron chi connectivity index (χ2n) is 6.70.